The molecule has 0 saturated heterocycles. The molecule has 0 radical (unpaired) electrons. The molecular weight excluding hydrogens is 232 g/mol. The molecule has 2 rings (SSSR count). The molecule has 70 valence electrons. The zero-order valence-electron chi connectivity index (χ0n) is 7.16. The minimum Gasteiger partial charge on any atom is -0.489 e. The molecule has 1 aliphatic rings. The van der Waals surface area contributed by atoms with E-state index in [1.54, 1.807) is 12.3 Å². The van der Waals surface area contributed by atoms with Gasteiger partial charge in [0.05, 0.1) is 10.6 Å². The summed E-state index contributed by atoms with van der Waals surface area (Å²) in [6, 6.07) is 1.75. The van der Waals surface area contributed by atoms with E-state index < -0.39 is 0 Å². The first-order valence-electron chi connectivity index (χ1n) is 4.33. The topological polar surface area (TPSA) is 48.1 Å². The van der Waals surface area contributed by atoms with E-state index in [9.17, 15) is 0 Å². The van der Waals surface area contributed by atoms with Crippen LogP contribution in [-0.2, 0) is 0 Å². The fourth-order valence-electron chi connectivity index (χ4n) is 1.19. The first kappa shape index (κ1) is 8.81. The summed E-state index contributed by atoms with van der Waals surface area (Å²) in [5.41, 5.74) is 5.55. The predicted molar refractivity (Wildman–Crippen MR) is 54.6 cm³/mol. The molecule has 1 fully saturated rings. The van der Waals surface area contributed by atoms with Crippen molar-refractivity contribution < 1.29 is 4.74 Å². The molecule has 0 atom stereocenters. The Morgan fingerprint density at radius 1 is 1.54 bits per heavy atom. The summed E-state index contributed by atoms with van der Waals surface area (Å²) in [6.45, 7) is 0. The van der Waals surface area contributed by atoms with Crippen LogP contribution in [0.15, 0.2) is 16.7 Å². The van der Waals surface area contributed by atoms with E-state index in [0.717, 1.165) is 23.1 Å². The number of anilines is 1. The van der Waals surface area contributed by atoms with Crippen molar-refractivity contribution in [3.05, 3.63) is 16.7 Å². The minimum absolute atomic E-state index is 0.373. The Labute approximate surface area is 85.4 Å². The van der Waals surface area contributed by atoms with Crippen LogP contribution in [0.5, 0.6) is 5.75 Å². The molecule has 0 aliphatic heterocycles. The maximum absolute atomic E-state index is 5.70. The summed E-state index contributed by atoms with van der Waals surface area (Å²) in [7, 11) is 0. The quantitative estimate of drug-likeness (QED) is 0.867. The van der Waals surface area contributed by atoms with E-state index in [-0.39, 0.29) is 0 Å². The number of nitrogens with two attached hydrogens (primary N) is 1. The molecule has 3 nitrogen and oxygen atoms in total. The van der Waals surface area contributed by atoms with Crippen molar-refractivity contribution in [3.8, 4) is 5.75 Å². The van der Waals surface area contributed by atoms with Crippen LogP contribution in [0.25, 0.3) is 0 Å². The third-order valence-corrected chi connectivity index (χ3v) is 2.78. The molecule has 1 saturated carbocycles. The summed E-state index contributed by atoms with van der Waals surface area (Å²) >= 11 is 3.37. The van der Waals surface area contributed by atoms with E-state index >= 15 is 0 Å². The van der Waals surface area contributed by atoms with Crippen molar-refractivity contribution >= 4 is 21.7 Å². The molecule has 0 amide bonds. The average molecular weight is 243 g/mol. The standard InChI is InChI=1S/C9H11BrN2O/c10-7-5-12-9(11)4-8(7)13-6-2-1-3-6/h4-6H,1-3H2,(H2,11,12). The normalized spacial score (nSPS) is 16.7. The van der Waals surface area contributed by atoms with Crippen LogP contribution >= 0.6 is 15.9 Å². The summed E-state index contributed by atoms with van der Waals surface area (Å²) in [4.78, 5) is 3.94. The summed E-state index contributed by atoms with van der Waals surface area (Å²) in [6.07, 6.45) is 5.60. The summed E-state index contributed by atoms with van der Waals surface area (Å²) in [5.74, 6) is 1.30. The highest BCUT2D eigenvalue weighted by molar-refractivity contribution is 9.10. The van der Waals surface area contributed by atoms with Crippen molar-refractivity contribution in [2.45, 2.75) is 25.4 Å². The molecule has 13 heavy (non-hydrogen) atoms. The summed E-state index contributed by atoms with van der Waals surface area (Å²) < 4.78 is 6.56. The Morgan fingerprint density at radius 3 is 2.92 bits per heavy atom. The Hall–Kier alpha value is -0.770. The minimum atomic E-state index is 0.373. The van der Waals surface area contributed by atoms with Gasteiger partial charge >= 0.3 is 0 Å². The number of hydrogen-bond donors (Lipinski definition) is 1. The van der Waals surface area contributed by atoms with Crippen molar-refractivity contribution in [3.63, 3.8) is 0 Å². The molecule has 1 aliphatic carbocycles. The smallest absolute Gasteiger partial charge is 0.139 e. The van der Waals surface area contributed by atoms with Gasteiger partial charge in [-0.05, 0) is 35.2 Å². The Bertz CT molecular complexity index is 312. The lowest BCUT2D eigenvalue weighted by molar-refractivity contribution is 0.119. The maximum Gasteiger partial charge on any atom is 0.139 e. The molecule has 2 N–H and O–H groups in total. The predicted octanol–water partition coefficient (Wildman–Crippen LogP) is 2.36. The molecule has 1 aromatic heterocycles. The van der Waals surface area contributed by atoms with Gasteiger partial charge in [0.2, 0.25) is 0 Å². The zero-order valence-corrected chi connectivity index (χ0v) is 8.75. The van der Waals surface area contributed by atoms with Gasteiger partial charge in [0.15, 0.2) is 0 Å². The van der Waals surface area contributed by atoms with Crippen molar-refractivity contribution in [2.75, 3.05) is 5.73 Å². The van der Waals surface area contributed by atoms with Gasteiger partial charge in [0.25, 0.3) is 0 Å². The van der Waals surface area contributed by atoms with Gasteiger partial charge < -0.3 is 10.5 Å². The Kier molecular flexibility index (Phi) is 2.40. The monoisotopic (exact) mass is 242 g/mol. The lowest BCUT2D eigenvalue weighted by atomic mass is 9.96. The highest BCUT2D eigenvalue weighted by Gasteiger charge is 2.20. The van der Waals surface area contributed by atoms with Crippen molar-refractivity contribution in [1.29, 1.82) is 0 Å². The third kappa shape index (κ3) is 1.94. The molecule has 4 heteroatoms. The van der Waals surface area contributed by atoms with Crippen LogP contribution in [-0.4, -0.2) is 11.1 Å². The van der Waals surface area contributed by atoms with Gasteiger partial charge in [0, 0.05) is 12.3 Å². The van der Waals surface area contributed by atoms with Crippen LogP contribution < -0.4 is 10.5 Å². The molecular formula is C9H11BrN2O. The lowest BCUT2D eigenvalue weighted by Crippen LogP contribution is -2.24. The third-order valence-electron chi connectivity index (χ3n) is 2.19. The average Bonchev–Trinajstić information content (AvgIpc) is 2.03. The van der Waals surface area contributed by atoms with Crippen LogP contribution in [0.2, 0.25) is 0 Å². The first-order valence-corrected chi connectivity index (χ1v) is 5.12. The fraction of sp³-hybridized carbons (Fsp3) is 0.444. The van der Waals surface area contributed by atoms with Crippen molar-refractivity contribution in [1.82, 2.24) is 4.98 Å². The molecule has 1 aromatic rings. The number of nitrogen functional groups attached to an aromatic ring is 1. The largest absolute Gasteiger partial charge is 0.489 e. The van der Waals surface area contributed by atoms with E-state index in [1.165, 1.54) is 6.42 Å². The van der Waals surface area contributed by atoms with Gasteiger partial charge in [-0.1, -0.05) is 0 Å². The van der Waals surface area contributed by atoms with Crippen molar-refractivity contribution in [2.24, 2.45) is 0 Å². The van der Waals surface area contributed by atoms with Crippen LogP contribution in [0.3, 0.4) is 0 Å². The first-order chi connectivity index (χ1) is 6.25. The zero-order chi connectivity index (χ0) is 9.26. The molecule has 0 spiro atoms. The van der Waals surface area contributed by atoms with Gasteiger partial charge in [-0.25, -0.2) is 4.98 Å². The number of ether oxygens (including phenoxy) is 1. The van der Waals surface area contributed by atoms with Gasteiger partial charge in [-0.2, -0.15) is 0 Å². The molecule has 1 heterocycles. The number of hydrogen-bond acceptors (Lipinski definition) is 3. The van der Waals surface area contributed by atoms with Gasteiger partial charge in [-0.15, -0.1) is 0 Å². The Balaban J connectivity index is 2.13. The van der Waals surface area contributed by atoms with Crippen LogP contribution in [0, 0.1) is 0 Å². The van der Waals surface area contributed by atoms with Gasteiger partial charge in [-0.3, -0.25) is 0 Å². The summed E-state index contributed by atoms with van der Waals surface area (Å²) in [5, 5.41) is 0. The Morgan fingerprint density at radius 2 is 2.31 bits per heavy atom. The highest BCUT2D eigenvalue weighted by atomic mass is 79.9. The second kappa shape index (κ2) is 3.54. The molecule has 0 bridgehead atoms. The maximum atomic E-state index is 5.70. The van der Waals surface area contributed by atoms with E-state index in [4.69, 9.17) is 10.5 Å². The van der Waals surface area contributed by atoms with E-state index in [2.05, 4.69) is 20.9 Å². The number of nitrogens with zero attached hydrogens (tertiary/aromatic N) is 1. The lowest BCUT2D eigenvalue weighted by Gasteiger charge is -2.26. The van der Waals surface area contributed by atoms with E-state index in [1.807, 2.05) is 0 Å². The number of pyridine rings is 1. The second-order valence-electron chi connectivity index (χ2n) is 3.21. The fourth-order valence-corrected chi connectivity index (χ4v) is 1.50. The van der Waals surface area contributed by atoms with E-state index in [0.29, 0.717) is 11.9 Å². The highest BCUT2D eigenvalue weighted by Crippen LogP contribution is 2.30. The SMILES string of the molecule is Nc1cc(OC2CCC2)c(Br)cn1. The second-order valence-corrected chi connectivity index (χ2v) is 4.06. The number of aromatic nitrogens is 1. The van der Waals surface area contributed by atoms with Crippen LogP contribution in [0.1, 0.15) is 19.3 Å². The molecule has 0 aromatic carbocycles. The van der Waals surface area contributed by atoms with Crippen LogP contribution in [0.4, 0.5) is 5.82 Å². The molecule has 0 unspecified atom stereocenters. The number of halogens is 1. The van der Waals surface area contributed by atoms with Gasteiger partial charge in [0.1, 0.15) is 11.6 Å². The number of rotatable bonds is 2.